The molecule has 0 spiro atoms. The van der Waals surface area contributed by atoms with E-state index in [1.165, 1.54) is 0 Å². The van der Waals surface area contributed by atoms with Crippen molar-refractivity contribution in [2.75, 3.05) is 13.7 Å². The molecule has 0 heterocycles. The predicted octanol–water partition coefficient (Wildman–Crippen LogP) is -1.01. The summed E-state index contributed by atoms with van der Waals surface area (Å²) >= 11 is 0. The zero-order valence-electron chi connectivity index (χ0n) is 7.40. The van der Waals surface area contributed by atoms with Crippen LogP contribution in [0.2, 0.25) is 0 Å². The first kappa shape index (κ1) is 14.2. The fraction of sp³-hybridized carbons (Fsp3) is 1.00. The molecule has 0 aromatic carbocycles. The van der Waals surface area contributed by atoms with E-state index < -0.39 is 26.7 Å². The SMILES string of the molecule is COP(=O)(O)C(O)(CCN)P(=O)(O)O. The van der Waals surface area contributed by atoms with Gasteiger partial charge in [-0.05, 0) is 6.54 Å². The van der Waals surface area contributed by atoms with Crippen LogP contribution in [0.1, 0.15) is 6.42 Å². The van der Waals surface area contributed by atoms with E-state index in [0.29, 0.717) is 0 Å². The fourth-order valence-corrected chi connectivity index (χ4v) is 3.48. The molecule has 2 atom stereocenters. The maximum Gasteiger partial charge on any atom is 0.371 e. The lowest BCUT2D eigenvalue weighted by Gasteiger charge is -2.30. The summed E-state index contributed by atoms with van der Waals surface area (Å²) in [5.74, 6) is 0. The molecule has 0 aliphatic heterocycles. The zero-order valence-corrected chi connectivity index (χ0v) is 9.19. The normalized spacial score (nSPS) is 21.3. The van der Waals surface area contributed by atoms with E-state index in [2.05, 4.69) is 4.52 Å². The number of aliphatic hydroxyl groups is 1. The van der Waals surface area contributed by atoms with Gasteiger partial charge in [-0.1, -0.05) is 0 Å². The average Bonchev–Trinajstić information content (AvgIpc) is 2.02. The molecule has 0 saturated carbocycles. The third kappa shape index (κ3) is 2.42. The van der Waals surface area contributed by atoms with Gasteiger partial charge < -0.3 is 30.0 Å². The van der Waals surface area contributed by atoms with Crippen LogP contribution in [0.4, 0.5) is 0 Å². The molecule has 0 saturated heterocycles. The van der Waals surface area contributed by atoms with Gasteiger partial charge in [-0.3, -0.25) is 9.13 Å². The van der Waals surface area contributed by atoms with Gasteiger partial charge in [0.2, 0.25) is 0 Å². The van der Waals surface area contributed by atoms with E-state index in [0.717, 1.165) is 7.11 Å². The molecular weight excluding hydrogens is 236 g/mol. The first-order valence-electron chi connectivity index (χ1n) is 3.49. The van der Waals surface area contributed by atoms with Gasteiger partial charge in [0, 0.05) is 13.5 Å². The highest BCUT2D eigenvalue weighted by atomic mass is 31.2. The van der Waals surface area contributed by atoms with Crippen molar-refractivity contribution in [3.63, 3.8) is 0 Å². The van der Waals surface area contributed by atoms with Crippen LogP contribution in [0, 0.1) is 0 Å². The summed E-state index contributed by atoms with van der Waals surface area (Å²) in [6.45, 7) is -0.366. The van der Waals surface area contributed by atoms with Crippen LogP contribution < -0.4 is 5.73 Å². The summed E-state index contributed by atoms with van der Waals surface area (Å²) in [5.41, 5.74) is 4.97. The van der Waals surface area contributed by atoms with Gasteiger partial charge in [0.05, 0.1) is 0 Å². The molecule has 0 aromatic heterocycles. The quantitative estimate of drug-likeness (QED) is 0.389. The summed E-state index contributed by atoms with van der Waals surface area (Å²) in [4.78, 5) is 26.5. The van der Waals surface area contributed by atoms with E-state index in [1.807, 2.05) is 0 Å². The third-order valence-electron chi connectivity index (χ3n) is 1.65. The molecule has 0 radical (unpaired) electrons. The summed E-state index contributed by atoms with van der Waals surface area (Å²) in [7, 11) is -9.26. The molecule has 0 aromatic rings. The Morgan fingerprint density at radius 1 is 1.36 bits per heavy atom. The minimum atomic E-state index is -5.20. The second-order valence-corrected chi connectivity index (χ2v) is 6.89. The number of hydrogen-bond donors (Lipinski definition) is 5. The van der Waals surface area contributed by atoms with E-state index in [-0.39, 0.29) is 6.54 Å². The van der Waals surface area contributed by atoms with Gasteiger partial charge >= 0.3 is 15.2 Å². The maximum atomic E-state index is 11.2. The molecule has 0 aliphatic carbocycles. The van der Waals surface area contributed by atoms with Crippen LogP contribution >= 0.6 is 15.2 Å². The molecule has 0 aliphatic rings. The van der Waals surface area contributed by atoms with Gasteiger partial charge in [-0.25, -0.2) is 0 Å². The summed E-state index contributed by atoms with van der Waals surface area (Å²) in [6, 6.07) is 0. The van der Waals surface area contributed by atoms with Crippen molar-refractivity contribution in [3.8, 4) is 0 Å². The Morgan fingerprint density at radius 3 is 2.00 bits per heavy atom. The van der Waals surface area contributed by atoms with Gasteiger partial charge in [0.15, 0.2) is 0 Å². The molecule has 86 valence electrons. The van der Waals surface area contributed by atoms with Gasteiger partial charge in [-0.2, -0.15) is 0 Å². The lowest BCUT2D eigenvalue weighted by Crippen LogP contribution is -2.32. The molecular formula is C4H13NO7P2. The summed E-state index contributed by atoms with van der Waals surface area (Å²) in [5, 5.41) is 6.26. The van der Waals surface area contributed by atoms with Crippen molar-refractivity contribution in [2.45, 2.75) is 11.5 Å². The minimum Gasteiger partial charge on any atom is -0.367 e. The van der Waals surface area contributed by atoms with E-state index >= 15 is 0 Å². The Morgan fingerprint density at radius 2 is 1.79 bits per heavy atom. The predicted molar refractivity (Wildman–Crippen MR) is 47.5 cm³/mol. The Labute approximate surface area is 80.4 Å². The van der Waals surface area contributed by atoms with Gasteiger partial charge in [0.1, 0.15) is 0 Å². The number of nitrogens with two attached hydrogens (primary N) is 1. The van der Waals surface area contributed by atoms with Crippen LogP contribution in [0.25, 0.3) is 0 Å². The zero-order chi connectivity index (χ0) is 11.6. The lowest BCUT2D eigenvalue weighted by atomic mass is 10.5. The van der Waals surface area contributed by atoms with Crippen molar-refractivity contribution in [1.82, 2.24) is 0 Å². The van der Waals surface area contributed by atoms with E-state index in [1.54, 1.807) is 0 Å². The molecule has 2 unspecified atom stereocenters. The second-order valence-electron chi connectivity index (χ2n) is 2.56. The van der Waals surface area contributed by atoms with Crippen molar-refractivity contribution in [2.24, 2.45) is 5.73 Å². The van der Waals surface area contributed by atoms with Crippen LogP contribution in [0.5, 0.6) is 0 Å². The summed E-state index contributed by atoms with van der Waals surface area (Å²) in [6.07, 6.45) is -0.737. The fourth-order valence-electron chi connectivity index (χ4n) is 0.791. The summed E-state index contributed by atoms with van der Waals surface area (Å²) < 4.78 is 26.0. The highest BCUT2D eigenvalue weighted by Gasteiger charge is 2.59. The smallest absolute Gasteiger partial charge is 0.367 e. The molecule has 10 heteroatoms. The molecule has 14 heavy (non-hydrogen) atoms. The highest BCUT2D eigenvalue weighted by Crippen LogP contribution is 2.70. The first-order chi connectivity index (χ1) is 6.12. The van der Waals surface area contributed by atoms with Gasteiger partial charge in [0.25, 0.3) is 5.08 Å². The van der Waals surface area contributed by atoms with Crippen LogP contribution in [0.3, 0.4) is 0 Å². The van der Waals surface area contributed by atoms with Crippen LogP contribution in [-0.2, 0) is 13.7 Å². The standard InChI is InChI=1S/C4H13NO7P2/c1-12-14(10,11)4(6,2-3-5)13(7,8)9/h6H,2-3,5H2,1H3,(H,10,11)(H2,7,8,9). The molecule has 0 bridgehead atoms. The highest BCUT2D eigenvalue weighted by molar-refractivity contribution is 7.72. The van der Waals surface area contributed by atoms with Crippen molar-refractivity contribution < 1.29 is 33.4 Å². The molecule has 0 amide bonds. The minimum absolute atomic E-state index is 0.366. The van der Waals surface area contributed by atoms with Crippen molar-refractivity contribution >= 4 is 15.2 Å². The Hall–Kier alpha value is 0.220. The van der Waals surface area contributed by atoms with Crippen molar-refractivity contribution in [1.29, 1.82) is 0 Å². The Bertz CT molecular complexity index is 287. The second kappa shape index (κ2) is 4.38. The molecule has 6 N–H and O–H groups in total. The molecule has 0 rings (SSSR count). The Balaban J connectivity index is 5.33. The van der Waals surface area contributed by atoms with Crippen molar-refractivity contribution in [3.05, 3.63) is 0 Å². The van der Waals surface area contributed by atoms with E-state index in [4.69, 9.17) is 20.4 Å². The number of hydrogen-bond acceptors (Lipinski definition) is 5. The van der Waals surface area contributed by atoms with Gasteiger partial charge in [-0.15, -0.1) is 0 Å². The molecule has 0 fully saturated rings. The van der Waals surface area contributed by atoms with Crippen LogP contribution in [0.15, 0.2) is 0 Å². The average molecular weight is 249 g/mol. The first-order valence-corrected chi connectivity index (χ1v) is 6.68. The Kier molecular flexibility index (Phi) is 4.45. The monoisotopic (exact) mass is 249 g/mol. The lowest BCUT2D eigenvalue weighted by molar-refractivity contribution is 0.118. The third-order valence-corrected chi connectivity index (χ3v) is 5.97. The van der Waals surface area contributed by atoms with Crippen LogP contribution in [-0.4, -0.2) is 38.5 Å². The molecule has 8 nitrogen and oxygen atoms in total. The maximum absolute atomic E-state index is 11.2. The van der Waals surface area contributed by atoms with E-state index in [9.17, 15) is 14.2 Å². The number of rotatable bonds is 5. The topological polar surface area (TPSA) is 150 Å². The largest absolute Gasteiger partial charge is 0.371 e.